The van der Waals surface area contributed by atoms with Crippen molar-refractivity contribution >= 4 is 12.6 Å². The quantitative estimate of drug-likeness (QED) is 0.816. The lowest BCUT2D eigenvalue weighted by Gasteiger charge is -2.08. The summed E-state index contributed by atoms with van der Waals surface area (Å²) in [7, 11) is -1.55. The van der Waals surface area contributed by atoms with Crippen molar-refractivity contribution in [3.63, 3.8) is 0 Å². The van der Waals surface area contributed by atoms with Crippen molar-refractivity contribution in [1.82, 2.24) is 0 Å². The van der Waals surface area contributed by atoms with Gasteiger partial charge in [0.05, 0.1) is 0 Å². The highest BCUT2D eigenvalue weighted by atomic mass is 19.2. The first-order valence-electron chi connectivity index (χ1n) is 5.59. The molecule has 0 fully saturated rings. The molecule has 0 saturated heterocycles. The molecule has 0 radical (unpaired) electrons. The van der Waals surface area contributed by atoms with E-state index < -0.39 is 18.8 Å². The third-order valence-corrected chi connectivity index (χ3v) is 2.55. The van der Waals surface area contributed by atoms with Crippen LogP contribution in [0.15, 0.2) is 42.5 Å². The molecule has 98 valence electrons. The molecule has 0 heterocycles. The zero-order chi connectivity index (χ0) is 13.8. The summed E-state index contributed by atoms with van der Waals surface area (Å²) in [5.41, 5.74) is 1.03. The molecule has 0 saturated carbocycles. The van der Waals surface area contributed by atoms with E-state index in [1.54, 1.807) is 24.3 Å². The summed E-state index contributed by atoms with van der Waals surface area (Å²) in [6.45, 7) is 0.117. The minimum atomic E-state index is -1.55. The average Bonchev–Trinajstić information content (AvgIpc) is 2.40. The molecular weight excluding hydrogens is 253 g/mol. The lowest BCUT2D eigenvalue weighted by atomic mass is 9.80. The Morgan fingerprint density at radius 1 is 1.00 bits per heavy atom. The van der Waals surface area contributed by atoms with Crippen LogP contribution >= 0.6 is 0 Å². The van der Waals surface area contributed by atoms with Crippen molar-refractivity contribution in [3.05, 3.63) is 59.7 Å². The van der Waals surface area contributed by atoms with Gasteiger partial charge in [0.25, 0.3) is 0 Å². The number of hydrogen-bond donors (Lipinski definition) is 2. The van der Waals surface area contributed by atoms with Gasteiger partial charge in [0.2, 0.25) is 0 Å². The van der Waals surface area contributed by atoms with Crippen LogP contribution < -0.4 is 10.2 Å². The van der Waals surface area contributed by atoms with Gasteiger partial charge in [-0.3, -0.25) is 0 Å². The molecule has 0 aromatic heterocycles. The Bertz CT molecular complexity index is 576. The van der Waals surface area contributed by atoms with E-state index in [0.717, 1.165) is 12.1 Å². The topological polar surface area (TPSA) is 49.7 Å². The van der Waals surface area contributed by atoms with Crippen LogP contribution in [0.25, 0.3) is 0 Å². The molecule has 2 aromatic carbocycles. The third-order valence-electron chi connectivity index (χ3n) is 2.55. The Kier molecular flexibility index (Phi) is 4.14. The molecule has 2 N–H and O–H groups in total. The lowest BCUT2D eigenvalue weighted by Crippen LogP contribution is -2.29. The lowest BCUT2D eigenvalue weighted by molar-refractivity contribution is 0.303. The Labute approximate surface area is 109 Å². The van der Waals surface area contributed by atoms with Gasteiger partial charge in [-0.25, -0.2) is 8.78 Å². The number of halogens is 2. The molecule has 0 aliphatic carbocycles. The summed E-state index contributed by atoms with van der Waals surface area (Å²) in [5.74, 6) is -1.70. The van der Waals surface area contributed by atoms with Crippen molar-refractivity contribution in [2.45, 2.75) is 6.61 Å². The second-order valence-corrected chi connectivity index (χ2v) is 3.98. The van der Waals surface area contributed by atoms with Gasteiger partial charge in [-0.1, -0.05) is 24.3 Å². The second-order valence-electron chi connectivity index (χ2n) is 3.98. The van der Waals surface area contributed by atoms with E-state index in [9.17, 15) is 8.78 Å². The van der Waals surface area contributed by atoms with Crippen LogP contribution in [0.2, 0.25) is 0 Å². The van der Waals surface area contributed by atoms with Crippen molar-refractivity contribution < 1.29 is 23.6 Å². The van der Waals surface area contributed by atoms with Gasteiger partial charge in [0.1, 0.15) is 12.4 Å². The van der Waals surface area contributed by atoms with Crippen molar-refractivity contribution in [1.29, 1.82) is 0 Å². The maximum Gasteiger partial charge on any atom is 0.488 e. The minimum absolute atomic E-state index is 0.117. The molecule has 19 heavy (non-hydrogen) atoms. The van der Waals surface area contributed by atoms with Crippen LogP contribution in [0.3, 0.4) is 0 Å². The van der Waals surface area contributed by atoms with E-state index in [0.29, 0.717) is 11.0 Å². The molecule has 2 rings (SSSR count). The van der Waals surface area contributed by atoms with E-state index in [4.69, 9.17) is 14.8 Å². The monoisotopic (exact) mass is 264 g/mol. The van der Waals surface area contributed by atoms with E-state index in [-0.39, 0.29) is 12.4 Å². The summed E-state index contributed by atoms with van der Waals surface area (Å²) in [4.78, 5) is 0. The highest BCUT2D eigenvalue weighted by Gasteiger charge is 2.11. The van der Waals surface area contributed by atoms with Gasteiger partial charge in [-0.05, 0) is 23.2 Å². The first-order valence-corrected chi connectivity index (χ1v) is 5.59. The highest BCUT2D eigenvalue weighted by molar-refractivity contribution is 6.58. The molecular formula is C13H11BF2O3. The van der Waals surface area contributed by atoms with Crippen LogP contribution in [0.1, 0.15) is 5.56 Å². The molecule has 6 heteroatoms. The molecule has 3 nitrogen and oxygen atoms in total. The molecule has 0 unspecified atom stereocenters. The summed E-state index contributed by atoms with van der Waals surface area (Å²) < 4.78 is 31.0. The first-order chi connectivity index (χ1) is 9.06. The summed E-state index contributed by atoms with van der Waals surface area (Å²) in [5, 5.41) is 18.0. The zero-order valence-corrected chi connectivity index (χ0v) is 9.88. The standard InChI is InChI=1S/C13H11BF2O3/c15-12-5-4-11(7-13(12)16)19-8-9-2-1-3-10(6-9)14(17)18/h1-7,17-18H,8H2. The maximum absolute atomic E-state index is 13.0. The SMILES string of the molecule is OB(O)c1cccc(COc2ccc(F)c(F)c2)c1. The van der Waals surface area contributed by atoms with Gasteiger partial charge in [0.15, 0.2) is 11.6 Å². The number of hydrogen-bond acceptors (Lipinski definition) is 3. The smallest absolute Gasteiger partial charge is 0.488 e. The van der Waals surface area contributed by atoms with Crippen LogP contribution in [0.4, 0.5) is 8.78 Å². The van der Waals surface area contributed by atoms with Crippen molar-refractivity contribution in [2.24, 2.45) is 0 Å². The van der Waals surface area contributed by atoms with Crippen LogP contribution in [-0.4, -0.2) is 17.2 Å². The Balaban J connectivity index is 2.05. The highest BCUT2D eigenvalue weighted by Crippen LogP contribution is 2.16. The number of ether oxygens (including phenoxy) is 1. The molecule has 0 amide bonds. The Hall–Kier alpha value is -1.92. The van der Waals surface area contributed by atoms with E-state index in [2.05, 4.69) is 0 Å². The number of rotatable bonds is 4. The van der Waals surface area contributed by atoms with Gasteiger partial charge in [0, 0.05) is 6.07 Å². The average molecular weight is 264 g/mol. The molecule has 0 aliphatic rings. The van der Waals surface area contributed by atoms with Gasteiger partial charge >= 0.3 is 7.12 Å². The van der Waals surface area contributed by atoms with Gasteiger partial charge < -0.3 is 14.8 Å². The molecule has 0 atom stereocenters. The Morgan fingerprint density at radius 2 is 1.79 bits per heavy atom. The van der Waals surface area contributed by atoms with Gasteiger partial charge in [-0.15, -0.1) is 0 Å². The summed E-state index contributed by atoms with van der Waals surface area (Å²) in [6, 6.07) is 9.77. The fourth-order valence-corrected chi connectivity index (χ4v) is 1.58. The molecule has 0 spiro atoms. The van der Waals surface area contributed by atoms with E-state index in [1.807, 2.05) is 0 Å². The van der Waals surface area contributed by atoms with Crippen LogP contribution in [-0.2, 0) is 6.61 Å². The first kappa shape index (κ1) is 13.5. The number of benzene rings is 2. The summed E-state index contributed by atoms with van der Waals surface area (Å²) in [6.07, 6.45) is 0. The fraction of sp³-hybridized carbons (Fsp3) is 0.0769. The normalized spacial score (nSPS) is 10.3. The largest absolute Gasteiger partial charge is 0.489 e. The maximum atomic E-state index is 13.0. The van der Waals surface area contributed by atoms with E-state index in [1.165, 1.54) is 6.07 Å². The molecule has 0 aliphatic heterocycles. The van der Waals surface area contributed by atoms with Crippen molar-refractivity contribution in [2.75, 3.05) is 0 Å². The van der Waals surface area contributed by atoms with Crippen LogP contribution in [0.5, 0.6) is 5.75 Å². The zero-order valence-electron chi connectivity index (χ0n) is 9.88. The van der Waals surface area contributed by atoms with Crippen molar-refractivity contribution in [3.8, 4) is 5.75 Å². The fourth-order valence-electron chi connectivity index (χ4n) is 1.58. The predicted octanol–water partition coefficient (Wildman–Crippen LogP) is 1.22. The second kappa shape index (κ2) is 5.82. The minimum Gasteiger partial charge on any atom is -0.489 e. The predicted molar refractivity (Wildman–Crippen MR) is 67.0 cm³/mol. The Morgan fingerprint density at radius 3 is 2.47 bits per heavy atom. The molecule has 2 aromatic rings. The molecule has 0 bridgehead atoms. The van der Waals surface area contributed by atoms with Crippen LogP contribution in [0, 0.1) is 11.6 Å². The van der Waals surface area contributed by atoms with Gasteiger partial charge in [-0.2, -0.15) is 0 Å². The van der Waals surface area contributed by atoms with E-state index >= 15 is 0 Å². The summed E-state index contributed by atoms with van der Waals surface area (Å²) >= 11 is 0. The third kappa shape index (κ3) is 3.53.